The highest BCUT2D eigenvalue weighted by Gasteiger charge is 2.03. The largest absolute Gasteiger partial charge is 0.347 e. The Morgan fingerprint density at radius 2 is 2.14 bits per heavy atom. The van der Waals surface area contributed by atoms with E-state index in [2.05, 4.69) is 4.98 Å². The number of rotatable bonds is 3. The predicted molar refractivity (Wildman–Crippen MR) is 52.9 cm³/mol. The molecule has 0 aromatic carbocycles. The van der Waals surface area contributed by atoms with Crippen molar-refractivity contribution < 1.29 is 8.42 Å². The summed E-state index contributed by atoms with van der Waals surface area (Å²) >= 11 is 0. The molecule has 0 atom stereocenters. The maximum Gasteiger partial charge on any atom is 0.347 e. The first kappa shape index (κ1) is 10.9. The van der Waals surface area contributed by atoms with Gasteiger partial charge in [0.25, 0.3) is 0 Å². The van der Waals surface area contributed by atoms with Crippen LogP contribution in [0.5, 0.6) is 0 Å². The van der Waals surface area contributed by atoms with Gasteiger partial charge in [-0.2, -0.15) is 4.98 Å². The Balaban J connectivity index is 2.84. The Bertz CT molecular complexity index is 476. The van der Waals surface area contributed by atoms with E-state index >= 15 is 0 Å². The smallest absolute Gasteiger partial charge is 0.298 e. The lowest BCUT2D eigenvalue weighted by Crippen LogP contribution is -2.25. The van der Waals surface area contributed by atoms with Crippen LogP contribution in [0, 0.1) is 6.92 Å². The highest BCUT2D eigenvalue weighted by molar-refractivity contribution is 7.90. The van der Waals surface area contributed by atoms with Crippen LogP contribution in [0.4, 0.5) is 0 Å². The van der Waals surface area contributed by atoms with Crippen LogP contribution in [0.2, 0.25) is 0 Å². The zero-order chi connectivity index (χ0) is 10.8. The van der Waals surface area contributed by atoms with E-state index in [9.17, 15) is 13.2 Å². The third-order valence-electron chi connectivity index (χ3n) is 1.72. The van der Waals surface area contributed by atoms with Crippen LogP contribution in [0.25, 0.3) is 0 Å². The van der Waals surface area contributed by atoms with Crippen LogP contribution in [0.15, 0.2) is 17.1 Å². The molecule has 0 N–H and O–H groups in total. The Hall–Kier alpha value is -1.17. The molecule has 6 heteroatoms. The minimum Gasteiger partial charge on any atom is -0.298 e. The molecule has 0 radical (unpaired) electrons. The number of hydrogen-bond donors (Lipinski definition) is 0. The van der Waals surface area contributed by atoms with E-state index in [0.717, 1.165) is 6.26 Å². The lowest BCUT2D eigenvalue weighted by Gasteiger charge is -2.03. The van der Waals surface area contributed by atoms with E-state index in [1.54, 1.807) is 19.2 Å². The third kappa shape index (κ3) is 3.29. The van der Waals surface area contributed by atoms with Crippen molar-refractivity contribution in [1.29, 1.82) is 0 Å². The van der Waals surface area contributed by atoms with Crippen molar-refractivity contribution in [2.24, 2.45) is 0 Å². The van der Waals surface area contributed by atoms with Crippen molar-refractivity contribution in [3.8, 4) is 0 Å². The van der Waals surface area contributed by atoms with Crippen molar-refractivity contribution in [3.63, 3.8) is 0 Å². The fourth-order valence-corrected chi connectivity index (χ4v) is 1.48. The average molecular weight is 216 g/mol. The van der Waals surface area contributed by atoms with Gasteiger partial charge in [0.05, 0.1) is 5.75 Å². The third-order valence-corrected chi connectivity index (χ3v) is 2.64. The Morgan fingerprint density at radius 1 is 1.50 bits per heavy atom. The summed E-state index contributed by atoms with van der Waals surface area (Å²) in [5.74, 6) is -0.0440. The molecule has 78 valence electrons. The predicted octanol–water partition coefficient (Wildman–Crippen LogP) is -0.404. The van der Waals surface area contributed by atoms with E-state index in [-0.39, 0.29) is 12.3 Å². The van der Waals surface area contributed by atoms with Gasteiger partial charge in [0, 0.05) is 24.7 Å². The first-order valence-corrected chi connectivity index (χ1v) is 6.16. The maximum atomic E-state index is 11.2. The fraction of sp³-hybridized carbons (Fsp3) is 0.500. The molecular formula is C8H12N2O3S. The van der Waals surface area contributed by atoms with E-state index in [0.29, 0.717) is 5.69 Å². The van der Waals surface area contributed by atoms with Gasteiger partial charge in [-0.05, 0) is 13.0 Å². The van der Waals surface area contributed by atoms with Gasteiger partial charge >= 0.3 is 5.69 Å². The lowest BCUT2D eigenvalue weighted by atomic mass is 10.4. The normalized spacial score (nSPS) is 11.6. The molecule has 1 aromatic heterocycles. The van der Waals surface area contributed by atoms with Crippen LogP contribution >= 0.6 is 0 Å². The topological polar surface area (TPSA) is 69.0 Å². The zero-order valence-electron chi connectivity index (χ0n) is 8.10. The number of hydrogen-bond acceptors (Lipinski definition) is 4. The number of sulfone groups is 1. The lowest BCUT2D eigenvalue weighted by molar-refractivity contribution is 0.591. The second kappa shape index (κ2) is 3.91. The van der Waals surface area contributed by atoms with Gasteiger partial charge in [-0.3, -0.25) is 4.57 Å². The van der Waals surface area contributed by atoms with E-state index in [4.69, 9.17) is 0 Å². The van der Waals surface area contributed by atoms with Crippen molar-refractivity contribution in [1.82, 2.24) is 9.55 Å². The Labute approximate surface area is 82.3 Å². The van der Waals surface area contributed by atoms with E-state index in [1.165, 1.54) is 4.57 Å². The molecule has 0 saturated heterocycles. The van der Waals surface area contributed by atoms with Gasteiger partial charge in [-0.15, -0.1) is 0 Å². The number of aryl methyl sites for hydroxylation is 2. The second-order valence-electron chi connectivity index (χ2n) is 3.17. The Morgan fingerprint density at radius 3 is 2.64 bits per heavy atom. The summed E-state index contributed by atoms with van der Waals surface area (Å²) in [5.41, 5.74) is 0.222. The number of aromatic nitrogens is 2. The summed E-state index contributed by atoms with van der Waals surface area (Å²) in [5, 5.41) is 0. The molecule has 1 heterocycles. The van der Waals surface area contributed by atoms with Crippen LogP contribution in [0.1, 0.15) is 5.69 Å². The molecule has 0 spiro atoms. The molecular weight excluding hydrogens is 204 g/mol. The van der Waals surface area contributed by atoms with E-state index in [1.807, 2.05) is 0 Å². The summed E-state index contributed by atoms with van der Waals surface area (Å²) in [7, 11) is -3.04. The minimum absolute atomic E-state index is 0.0440. The summed E-state index contributed by atoms with van der Waals surface area (Å²) < 4.78 is 23.0. The molecule has 0 bridgehead atoms. The molecule has 0 aliphatic carbocycles. The molecule has 0 aliphatic heterocycles. The van der Waals surface area contributed by atoms with Crippen LogP contribution in [-0.2, 0) is 16.4 Å². The van der Waals surface area contributed by atoms with Gasteiger partial charge in [-0.25, -0.2) is 13.2 Å². The summed E-state index contributed by atoms with van der Waals surface area (Å²) in [4.78, 5) is 14.9. The molecule has 1 aromatic rings. The average Bonchev–Trinajstić information content (AvgIpc) is 2.00. The molecule has 0 unspecified atom stereocenters. The molecule has 5 nitrogen and oxygen atoms in total. The number of nitrogens with zero attached hydrogens (tertiary/aromatic N) is 2. The summed E-state index contributed by atoms with van der Waals surface area (Å²) in [6, 6.07) is 1.67. The monoisotopic (exact) mass is 216 g/mol. The summed E-state index contributed by atoms with van der Waals surface area (Å²) in [6.45, 7) is 1.87. The molecule has 14 heavy (non-hydrogen) atoms. The van der Waals surface area contributed by atoms with Gasteiger partial charge in [0.1, 0.15) is 9.84 Å². The van der Waals surface area contributed by atoms with Crippen LogP contribution < -0.4 is 5.69 Å². The van der Waals surface area contributed by atoms with Gasteiger partial charge < -0.3 is 0 Å². The van der Waals surface area contributed by atoms with Gasteiger partial charge in [0.15, 0.2) is 0 Å². The van der Waals surface area contributed by atoms with Crippen molar-refractivity contribution in [3.05, 3.63) is 28.4 Å². The van der Waals surface area contributed by atoms with Gasteiger partial charge in [0.2, 0.25) is 0 Å². The quantitative estimate of drug-likeness (QED) is 0.689. The highest BCUT2D eigenvalue weighted by Crippen LogP contribution is 1.89. The molecule has 0 aliphatic rings. The SMILES string of the molecule is Cc1ccn(CCS(C)(=O)=O)c(=O)n1. The van der Waals surface area contributed by atoms with Crippen molar-refractivity contribution in [2.75, 3.05) is 12.0 Å². The maximum absolute atomic E-state index is 11.2. The molecule has 0 fully saturated rings. The van der Waals surface area contributed by atoms with Crippen LogP contribution in [0.3, 0.4) is 0 Å². The first-order valence-electron chi connectivity index (χ1n) is 4.10. The standard InChI is InChI=1S/C8H12N2O3S/c1-7-3-4-10(8(11)9-7)5-6-14(2,12)13/h3-4H,5-6H2,1-2H3. The van der Waals surface area contributed by atoms with Crippen molar-refractivity contribution >= 4 is 9.84 Å². The highest BCUT2D eigenvalue weighted by atomic mass is 32.2. The molecule has 0 amide bonds. The van der Waals surface area contributed by atoms with E-state index < -0.39 is 15.5 Å². The Kier molecular flexibility index (Phi) is 3.05. The van der Waals surface area contributed by atoms with Crippen molar-refractivity contribution in [2.45, 2.75) is 13.5 Å². The van der Waals surface area contributed by atoms with Crippen LogP contribution in [-0.4, -0.2) is 30.0 Å². The minimum atomic E-state index is -3.04. The first-order chi connectivity index (χ1) is 6.38. The zero-order valence-corrected chi connectivity index (χ0v) is 8.91. The molecule has 0 saturated carbocycles. The fourth-order valence-electron chi connectivity index (χ4n) is 0.948. The second-order valence-corrected chi connectivity index (χ2v) is 5.43. The van der Waals surface area contributed by atoms with Gasteiger partial charge in [-0.1, -0.05) is 0 Å². The molecule has 1 rings (SSSR count). The summed E-state index contributed by atoms with van der Waals surface area (Å²) in [6.07, 6.45) is 2.69.